The van der Waals surface area contributed by atoms with Gasteiger partial charge in [-0.05, 0) is 30.2 Å². The number of sulfonamides is 1. The molecule has 2 heterocycles. The second kappa shape index (κ2) is 6.88. The summed E-state index contributed by atoms with van der Waals surface area (Å²) >= 11 is 0. The third kappa shape index (κ3) is 3.00. The van der Waals surface area contributed by atoms with Crippen molar-refractivity contribution in [3.63, 3.8) is 0 Å². The fourth-order valence-electron chi connectivity index (χ4n) is 3.70. The van der Waals surface area contributed by atoms with Crippen molar-refractivity contribution >= 4 is 15.7 Å². The predicted octanol–water partition coefficient (Wildman–Crippen LogP) is 3.50. The fraction of sp³-hybridized carbons (Fsp3) is 0.200. The van der Waals surface area contributed by atoms with Gasteiger partial charge in [0.25, 0.3) is 5.69 Å². The maximum atomic E-state index is 13.6. The lowest BCUT2D eigenvalue weighted by atomic mass is 10.0. The van der Waals surface area contributed by atoms with Crippen molar-refractivity contribution in [2.75, 3.05) is 6.54 Å². The Morgan fingerprint density at radius 2 is 1.79 bits per heavy atom. The van der Waals surface area contributed by atoms with Crippen molar-refractivity contribution < 1.29 is 13.3 Å². The molecule has 0 spiro atoms. The summed E-state index contributed by atoms with van der Waals surface area (Å²) in [6.07, 6.45) is 1.94. The number of non-ortho nitro benzene ring substituents is 1. The van der Waals surface area contributed by atoms with Crippen molar-refractivity contribution in [3.05, 3.63) is 93.8 Å². The van der Waals surface area contributed by atoms with Gasteiger partial charge in [0.05, 0.1) is 15.9 Å². The Morgan fingerprint density at radius 3 is 2.50 bits per heavy atom. The number of hydrogen-bond donors (Lipinski definition) is 0. The van der Waals surface area contributed by atoms with Gasteiger partial charge in [0.1, 0.15) is 0 Å². The van der Waals surface area contributed by atoms with Gasteiger partial charge in [0.2, 0.25) is 10.0 Å². The Morgan fingerprint density at radius 1 is 1.04 bits per heavy atom. The first-order valence-electron chi connectivity index (χ1n) is 8.86. The number of nitro groups is 1. The molecule has 0 fully saturated rings. The fourth-order valence-corrected chi connectivity index (χ4v) is 5.53. The number of aryl methyl sites for hydroxylation is 1. The Bertz CT molecular complexity index is 1140. The molecule has 0 unspecified atom stereocenters. The van der Waals surface area contributed by atoms with Crippen molar-refractivity contribution in [1.29, 1.82) is 0 Å². The van der Waals surface area contributed by atoms with Gasteiger partial charge in [0, 0.05) is 37.1 Å². The van der Waals surface area contributed by atoms with Crippen LogP contribution < -0.4 is 0 Å². The molecule has 0 aliphatic carbocycles. The van der Waals surface area contributed by atoms with E-state index in [1.165, 1.54) is 16.4 Å². The minimum Gasteiger partial charge on any atom is -0.348 e. The number of rotatable bonds is 4. The van der Waals surface area contributed by atoms with Gasteiger partial charge in [0.15, 0.2) is 0 Å². The summed E-state index contributed by atoms with van der Waals surface area (Å²) in [7, 11) is -3.95. The van der Waals surface area contributed by atoms with Crippen LogP contribution in [0.5, 0.6) is 0 Å². The van der Waals surface area contributed by atoms with Crippen LogP contribution in [0.1, 0.15) is 22.9 Å². The zero-order valence-electron chi connectivity index (χ0n) is 15.2. The molecule has 1 aliphatic heterocycles. The summed E-state index contributed by atoms with van der Waals surface area (Å²) in [5.74, 6) is 0. The Hall–Kier alpha value is -2.97. The van der Waals surface area contributed by atoms with E-state index < -0.39 is 21.0 Å². The standard InChI is InChI=1S/C20H19N3O4S/c1-15-9-10-17(23(24)25)14-19(15)28(26,27)22-13-12-21-11-5-8-18(21)20(22)16-6-3-2-4-7-16/h2-11,14,20H,12-13H2,1H3/t20-/m0/s1. The van der Waals surface area contributed by atoms with Crippen LogP contribution in [-0.4, -0.2) is 28.8 Å². The molecule has 0 radical (unpaired) electrons. The molecule has 4 rings (SSSR count). The molecule has 144 valence electrons. The zero-order chi connectivity index (χ0) is 19.9. The molecule has 0 amide bonds. The molecule has 1 aliphatic rings. The number of benzene rings is 2. The second-order valence-corrected chi connectivity index (χ2v) is 8.62. The van der Waals surface area contributed by atoms with E-state index in [0.29, 0.717) is 12.1 Å². The van der Waals surface area contributed by atoms with E-state index in [4.69, 9.17) is 0 Å². The van der Waals surface area contributed by atoms with Gasteiger partial charge in [-0.15, -0.1) is 0 Å². The van der Waals surface area contributed by atoms with Crippen LogP contribution in [0, 0.1) is 17.0 Å². The van der Waals surface area contributed by atoms with Crippen LogP contribution in [0.15, 0.2) is 71.8 Å². The lowest BCUT2D eigenvalue weighted by Crippen LogP contribution is -2.42. The summed E-state index contributed by atoms with van der Waals surface area (Å²) in [5, 5.41) is 11.2. The zero-order valence-corrected chi connectivity index (χ0v) is 16.0. The summed E-state index contributed by atoms with van der Waals surface area (Å²) < 4.78 is 30.7. The largest absolute Gasteiger partial charge is 0.348 e. The minimum absolute atomic E-state index is 0.0253. The lowest BCUT2D eigenvalue weighted by Gasteiger charge is -2.36. The first-order chi connectivity index (χ1) is 13.4. The molecule has 3 aromatic rings. The second-order valence-electron chi connectivity index (χ2n) is 6.76. The summed E-state index contributed by atoms with van der Waals surface area (Å²) in [6.45, 7) is 2.46. The lowest BCUT2D eigenvalue weighted by molar-refractivity contribution is -0.385. The monoisotopic (exact) mass is 397 g/mol. The summed E-state index contributed by atoms with van der Waals surface area (Å²) in [6, 6.07) is 16.7. The van der Waals surface area contributed by atoms with Crippen molar-refractivity contribution in [2.45, 2.75) is 24.4 Å². The molecule has 1 aromatic heterocycles. The van der Waals surface area contributed by atoms with Crippen LogP contribution in [0.3, 0.4) is 0 Å². The molecular weight excluding hydrogens is 378 g/mol. The highest BCUT2D eigenvalue weighted by molar-refractivity contribution is 7.89. The highest BCUT2D eigenvalue weighted by Crippen LogP contribution is 2.37. The molecule has 0 saturated carbocycles. The molecular formula is C20H19N3O4S. The SMILES string of the molecule is Cc1ccc([N+](=O)[O-])cc1S(=O)(=O)N1CCn2cccc2[C@@H]1c1ccccc1. The number of hydrogen-bond acceptors (Lipinski definition) is 4. The highest BCUT2D eigenvalue weighted by atomic mass is 32.2. The summed E-state index contributed by atoms with van der Waals surface area (Å²) in [4.78, 5) is 10.6. The van der Waals surface area contributed by atoms with Gasteiger partial charge in [-0.1, -0.05) is 36.4 Å². The maximum absolute atomic E-state index is 13.6. The molecule has 7 nitrogen and oxygen atoms in total. The van der Waals surface area contributed by atoms with Gasteiger partial charge in [-0.2, -0.15) is 4.31 Å². The van der Waals surface area contributed by atoms with Gasteiger partial charge in [-0.25, -0.2) is 8.42 Å². The van der Waals surface area contributed by atoms with Crippen LogP contribution >= 0.6 is 0 Å². The molecule has 2 aromatic carbocycles. The first-order valence-corrected chi connectivity index (χ1v) is 10.3. The smallest absolute Gasteiger partial charge is 0.270 e. The van der Waals surface area contributed by atoms with E-state index in [2.05, 4.69) is 0 Å². The van der Waals surface area contributed by atoms with E-state index in [9.17, 15) is 18.5 Å². The normalized spacial score (nSPS) is 17.2. The van der Waals surface area contributed by atoms with E-state index >= 15 is 0 Å². The van der Waals surface area contributed by atoms with Gasteiger partial charge >= 0.3 is 0 Å². The van der Waals surface area contributed by atoms with Gasteiger partial charge < -0.3 is 4.57 Å². The van der Waals surface area contributed by atoms with Crippen molar-refractivity contribution in [1.82, 2.24) is 8.87 Å². The van der Waals surface area contributed by atoms with Crippen LogP contribution in [0.4, 0.5) is 5.69 Å². The number of nitrogens with zero attached hydrogens (tertiary/aromatic N) is 3. The predicted molar refractivity (Wildman–Crippen MR) is 104 cm³/mol. The maximum Gasteiger partial charge on any atom is 0.270 e. The number of fused-ring (bicyclic) bond motifs is 1. The highest BCUT2D eigenvalue weighted by Gasteiger charge is 2.38. The molecule has 28 heavy (non-hydrogen) atoms. The van der Waals surface area contributed by atoms with Crippen LogP contribution in [0.25, 0.3) is 0 Å². The first kappa shape index (κ1) is 18.4. The van der Waals surface area contributed by atoms with Crippen LogP contribution in [-0.2, 0) is 16.6 Å². The van der Waals surface area contributed by atoms with Crippen molar-refractivity contribution in [2.24, 2.45) is 0 Å². The summed E-state index contributed by atoms with van der Waals surface area (Å²) in [5.41, 5.74) is 1.98. The number of nitro benzene ring substituents is 1. The quantitative estimate of drug-likeness (QED) is 0.498. The van der Waals surface area contributed by atoms with E-state index in [1.807, 2.05) is 53.2 Å². The molecule has 0 N–H and O–H groups in total. The van der Waals surface area contributed by atoms with E-state index in [1.54, 1.807) is 6.92 Å². The molecule has 0 saturated heterocycles. The van der Waals surface area contributed by atoms with Gasteiger partial charge in [-0.3, -0.25) is 10.1 Å². The minimum atomic E-state index is -3.95. The van der Waals surface area contributed by atoms with Crippen LogP contribution in [0.2, 0.25) is 0 Å². The molecule has 8 heteroatoms. The third-order valence-corrected chi connectivity index (χ3v) is 7.09. The Labute approximate surface area is 163 Å². The number of aromatic nitrogens is 1. The van der Waals surface area contributed by atoms with E-state index in [-0.39, 0.29) is 17.1 Å². The van der Waals surface area contributed by atoms with E-state index in [0.717, 1.165) is 17.3 Å². The average molecular weight is 397 g/mol. The Kier molecular flexibility index (Phi) is 4.52. The van der Waals surface area contributed by atoms with Crippen molar-refractivity contribution in [3.8, 4) is 0 Å². The average Bonchev–Trinajstić information content (AvgIpc) is 3.16. The molecule has 0 bridgehead atoms. The third-order valence-electron chi connectivity index (χ3n) is 5.08. The Balaban J connectivity index is 1.87. The molecule has 1 atom stereocenters. The topological polar surface area (TPSA) is 85.4 Å².